The summed E-state index contributed by atoms with van der Waals surface area (Å²) in [6, 6.07) is 12.2. The molecule has 0 radical (unpaired) electrons. The normalized spacial score (nSPS) is 12.1. The minimum absolute atomic E-state index is 0.265. The van der Waals surface area contributed by atoms with Gasteiger partial charge in [0.25, 0.3) is 0 Å². The van der Waals surface area contributed by atoms with Crippen LogP contribution >= 0.6 is 0 Å². The minimum Gasteiger partial charge on any atom is -0.410 e. The SMILES string of the molecule is CCCC(c1ccncc1)n1ccc2cc(OC(=O)N(C)C)ccc21. The van der Waals surface area contributed by atoms with Crippen LogP contribution in [0.25, 0.3) is 10.9 Å². The number of pyridine rings is 1. The Morgan fingerprint density at radius 1 is 1.20 bits per heavy atom. The Kier molecular flexibility index (Phi) is 5.03. The molecule has 0 aliphatic carbocycles. The van der Waals surface area contributed by atoms with Crippen LogP contribution in [0, 0.1) is 0 Å². The molecular weight excluding hydrogens is 314 g/mol. The van der Waals surface area contributed by atoms with Crippen LogP contribution in [0.15, 0.2) is 55.0 Å². The molecule has 3 aromatic rings. The van der Waals surface area contributed by atoms with Crippen LogP contribution in [0.4, 0.5) is 4.79 Å². The molecule has 5 heteroatoms. The van der Waals surface area contributed by atoms with Gasteiger partial charge in [-0.25, -0.2) is 4.79 Å². The van der Waals surface area contributed by atoms with Crippen molar-refractivity contribution in [1.82, 2.24) is 14.5 Å². The summed E-state index contributed by atoms with van der Waals surface area (Å²) in [5.74, 6) is 0.555. The standard InChI is InChI=1S/C20H23N3O2/c1-4-5-18(15-8-11-21-12-9-15)23-13-10-16-14-17(6-7-19(16)23)25-20(24)22(2)3/h6-14,18H,4-5H2,1-3H3. The van der Waals surface area contributed by atoms with Gasteiger partial charge in [0, 0.05) is 43.6 Å². The number of carbonyl (C=O) groups is 1. The molecule has 0 saturated carbocycles. The second-order valence-electron chi connectivity index (χ2n) is 6.29. The monoisotopic (exact) mass is 337 g/mol. The van der Waals surface area contributed by atoms with Crippen molar-refractivity contribution in [3.63, 3.8) is 0 Å². The second kappa shape index (κ2) is 7.38. The van der Waals surface area contributed by atoms with E-state index >= 15 is 0 Å². The van der Waals surface area contributed by atoms with Gasteiger partial charge in [0.05, 0.1) is 6.04 Å². The van der Waals surface area contributed by atoms with Crippen LogP contribution in [0.1, 0.15) is 31.4 Å². The first-order valence-corrected chi connectivity index (χ1v) is 8.49. The fourth-order valence-corrected chi connectivity index (χ4v) is 2.99. The summed E-state index contributed by atoms with van der Waals surface area (Å²) < 4.78 is 7.64. The maximum Gasteiger partial charge on any atom is 0.414 e. The second-order valence-corrected chi connectivity index (χ2v) is 6.29. The number of benzene rings is 1. The molecule has 1 aromatic carbocycles. The maximum atomic E-state index is 11.7. The summed E-state index contributed by atoms with van der Waals surface area (Å²) in [5.41, 5.74) is 2.37. The molecule has 2 heterocycles. The maximum absolute atomic E-state index is 11.7. The van der Waals surface area contributed by atoms with E-state index in [1.54, 1.807) is 14.1 Å². The molecule has 0 aliphatic rings. The van der Waals surface area contributed by atoms with Crippen molar-refractivity contribution in [2.24, 2.45) is 0 Å². The van der Waals surface area contributed by atoms with Crippen molar-refractivity contribution in [1.29, 1.82) is 0 Å². The zero-order chi connectivity index (χ0) is 17.8. The molecule has 1 atom stereocenters. The summed E-state index contributed by atoms with van der Waals surface area (Å²) in [6.07, 6.45) is 7.53. The quantitative estimate of drug-likeness (QED) is 0.689. The largest absolute Gasteiger partial charge is 0.414 e. The topological polar surface area (TPSA) is 47.4 Å². The number of aromatic nitrogens is 2. The highest BCUT2D eigenvalue weighted by Crippen LogP contribution is 2.30. The lowest BCUT2D eigenvalue weighted by Gasteiger charge is -2.20. The Bertz CT molecular complexity index is 856. The van der Waals surface area contributed by atoms with Crippen molar-refractivity contribution >= 4 is 17.0 Å². The Morgan fingerprint density at radius 3 is 2.64 bits per heavy atom. The van der Waals surface area contributed by atoms with Crippen molar-refractivity contribution in [3.8, 4) is 5.75 Å². The van der Waals surface area contributed by atoms with E-state index in [0.717, 1.165) is 23.7 Å². The van der Waals surface area contributed by atoms with Gasteiger partial charge in [0.1, 0.15) is 5.75 Å². The lowest BCUT2D eigenvalue weighted by atomic mass is 10.0. The van der Waals surface area contributed by atoms with Gasteiger partial charge in [-0.1, -0.05) is 13.3 Å². The predicted octanol–water partition coefficient (Wildman–Crippen LogP) is 4.49. The molecule has 0 N–H and O–H groups in total. The number of fused-ring (bicyclic) bond motifs is 1. The first-order valence-electron chi connectivity index (χ1n) is 8.49. The fourth-order valence-electron chi connectivity index (χ4n) is 2.99. The van der Waals surface area contributed by atoms with E-state index in [0.29, 0.717) is 5.75 Å². The first kappa shape index (κ1) is 17.0. The molecule has 1 amide bonds. The van der Waals surface area contributed by atoms with Gasteiger partial charge in [-0.2, -0.15) is 0 Å². The van der Waals surface area contributed by atoms with Gasteiger partial charge in [0.2, 0.25) is 0 Å². The van der Waals surface area contributed by atoms with E-state index in [2.05, 4.69) is 40.9 Å². The van der Waals surface area contributed by atoms with E-state index in [1.165, 1.54) is 10.5 Å². The van der Waals surface area contributed by atoms with Gasteiger partial charge < -0.3 is 14.2 Å². The summed E-state index contributed by atoms with van der Waals surface area (Å²) in [4.78, 5) is 17.3. The van der Waals surface area contributed by atoms with Crippen LogP contribution in [0.5, 0.6) is 5.75 Å². The van der Waals surface area contributed by atoms with Gasteiger partial charge in [-0.15, -0.1) is 0 Å². The number of rotatable bonds is 5. The Hall–Kier alpha value is -2.82. The van der Waals surface area contributed by atoms with Gasteiger partial charge in [-0.05, 0) is 48.4 Å². The van der Waals surface area contributed by atoms with Crippen molar-refractivity contribution in [3.05, 3.63) is 60.6 Å². The van der Waals surface area contributed by atoms with Crippen molar-refractivity contribution < 1.29 is 9.53 Å². The Labute approximate surface area is 147 Å². The number of nitrogens with zero attached hydrogens (tertiary/aromatic N) is 3. The third kappa shape index (κ3) is 3.65. The van der Waals surface area contributed by atoms with E-state index in [-0.39, 0.29) is 12.1 Å². The van der Waals surface area contributed by atoms with Crippen LogP contribution < -0.4 is 4.74 Å². The minimum atomic E-state index is -0.376. The van der Waals surface area contributed by atoms with Crippen molar-refractivity contribution in [2.75, 3.05) is 14.1 Å². The van der Waals surface area contributed by atoms with E-state index < -0.39 is 0 Å². The Morgan fingerprint density at radius 2 is 1.96 bits per heavy atom. The zero-order valence-electron chi connectivity index (χ0n) is 14.8. The average Bonchev–Trinajstić information content (AvgIpc) is 3.03. The number of carbonyl (C=O) groups excluding carboxylic acids is 1. The number of amides is 1. The number of hydrogen-bond acceptors (Lipinski definition) is 3. The molecule has 3 rings (SSSR count). The molecule has 2 aromatic heterocycles. The molecule has 0 fully saturated rings. The summed E-state index contributed by atoms with van der Waals surface area (Å²) in [5, 5.41) is 1.05. The predicted molar refractivity (Wildman–Crippen MR) is 98.9 cm³/mol. The smallest absolute Gasteiger partial charge is 0.410 e. The van der Waals surface area contributed by atoms with Crippen LogP contribution in [-0.4, -0.2) is 34.6 Å². The highest BCUT2D eigenvalue weighted by molar-refractivity contribution is 5.83. The fraction of sp³-hybridized carbons (Fsp3) is 0.300. The lowest BCUT2D eigenvalue weighted by Crippen LogP contribution is -2.25. The molecule has 1 unspecified atom stereocenters. The van der Waals surface area contributed by atoms with Gasteiger partial charge in [-0.3, -0.25) is 4.98 Å². The molecule has 0 bridgehead atoms. The molecule has 0 aliphatic heterocycles. The number of ether oxygens (including phenoxy) is 1. The highest BCUT2D eigenvalue weighted by atomic mass is 16.6. The molecule has 5 nitrogen and oxygen atoms in total. The third-order valence-electron chi connectivity index (χ3n) is 4.25. The molecule has 130 valence electrons. The van der Waals surface area contributed by atoms with Crippen LogP contribution in [0.3, 0.4) is 0 Å². The Balaban J connectivity index is 1.95. The number of hydrogen-bond donors (Lipinski definition) is 0. The summed E-state index contributed by atoms with van der Waals surface area (Å²) in [7, 11) is 3.34. The van der Waals surface area contributed by atoms with Crippen LogP contribution in [0.2, 0.25) is 0 Å². The zero-order valence-corrected chi connectivity index (χ0v) is 14.8. The molecular formula is C20H23N3O2. The average molecular weight is 337 g/mol. The van der Waals surface area contributed by atoms with Crippen LogP contribution in [-0.2, 0) is 0 Å². The van der Waals surface area contributed by atoms with E-state index in [1.807, 2.05) is 30.6 Å². The van der Waals surface area contributed by atoms with E-state index in [9.17, 15) is 4.79 Å². The van der Waals surface area contributed by atoms with Gasteiger partial charge in [0.15, 0.2) is 0 Å². The van der Waals surface area contributed by atoms with Gasteiger partial charge >= 0.3 is 6.09 Å². The van der Waals surface area contributed by atoms with Crippen molar-refractivity contribution in [2.45, 2.75) is 25.8 Å². The first-order chi connectivity index (χ1) is 12.1. The summed E-state index contributed by atoms with van der Waals surface area (Å²) in [6.45, 7) is 2.19. The highest BCUT2D eigenvalue weighted by Gasteiger charge is 2.15. The lowest BCUT2D eigenvalue weighted by molar-refractivity contribution is 0.172. The molecule has 25 heavy (non-hydrogen) atoms. The third-order valence-corrected chi connectivity index (χ3v) is 4.25. The molecule has 0 spiro atoms. The van der Waals surface area contributed by atoms with E-state index in [4.69, 9.17) is 4.74 Å². The summed E-state index contributed by atoms with van der Waals surface area (Å²) >= 11 is 0. The molecule has 0 saturated heterocycles.